The van der Waals surface area contributed by atoms with E-state index >= 15 is 0 Å². The zero-order chi connectivity index (χ0) is 30.8. The van der Waals surface area contributed by atoms with Gasteiger partial charge in [0.05, 0.1) is 30.7 Å². The minimum absolute atomic E-state index is 0.0417. The first kappa shape index (κ1) is 31.1. The number of hydrogen-bond acceptors (Lipinski definition) is 6. The second-order valence-electron chi connectivity index (χ2n) is 8.90. The van der Waals surface area contributed by atoms with Gasteiger partial charge in [-0.2, -0.15) is 0 Å². The summed E-state index contributed by atoms with van der Waals surface area (Å²) in [6, 6.07) is 24.3. The second-order valence-corrected chi connectivity index (χ2v) is 10.4. The Labute approximate surface area is 257 Å². The van der Waals surface area contributed by atoms with Crippen LogP contribution in [0.1, 0.15) is 15.9 Å². The van der Waals surface area contributed by atoms with Gasteiger partial charge in [0.25, 0.3) is 11.8 Å². The average molecular weight is 620 g/mol. The van der Waals surface area contributed by atoms with E-state index in [-0.39, 0.29) is 27.9 Å². The number of anilines is 2. The van der Waals surface area contributed by atoms with Gasteiger partial charge in [-0.3, -0.25) is 14.4 Å². The smallest absolute Gasteiger partial charge is 0.272 e. The maximum absolute atomic E-state index is 14.5. The van der Waals surface area contributed by atoms with Crippen LogP contribution in [0.5, 0.6) is 11.5 Å². The highest BCUT2D eigenvalue weighted by Gasteiger charge is 2.17. The number of hydrogen-bond donors (Lipinski definition) is 3. The molecule has 0 atom stereocenters. The molecule has 3 N–H and O–H groups in total. The highest BCUT2D eigenvalue weighted by atomic mass is 35.5. The van der Waals surface area contributed by atoms with Crippen molar-refractivity contribution in [3.63, 3.8) is 0 Å². The van der Waals surface area contributed by atoms with Crippen LogP contribution in [-0.4, -0.2) is 37.7 Å². The Morgan fingerprint density at radius 1 is 0.884 bits per heavy atom. The SMILES string of the molecule is COc1ccc(NC(=O)CSc2ccc(NC(=O)/C(=C/c3c(F)cccc3Cl)NC(=O)c3ccccc3)cc2)c(OC)c1. The van der Waals surface area contributed by atoms with Crippen molar-refractivity contribution >= 4 is 58.5 Å². The third-order valence-corrected chi connectivity index (χ3v) is 7.32. The number of amides is 3. The van der Waals surface area contributed by atoms with E-state index in [9.17, 15) is 18.8 Å². The van der Waals surface area contributed by atoms with E-state index < -0.39 is 17.6 Å². The van der Waals surface area contributed by atoms with Crippen LogP contribution in [0.4, 0.5) is 15.8 Å². The fourth-order valence-electron chi connectivity index (χ4n) is 3.81. The Balaban J connectivity index is 1.42. The molecule has 4 rings (SSSR count). The molecule has 0 aliphatic carbocycles. The third kappa shape index (κ3) is 8.60. The quantitative estimate of drug-likeness (QED) is 0.128. The minimum atomic E-state index is -0.683. The number of carbonyl (C=O) groups excluding carboxylic acids is 3. The van der Waals surface area contributed by atoms with Crippen molar-refractivity contribution < 1.29 is 28.2 Å². The number of carbonyl (C=O) groups is 3. The molecule has 0 radical (unpaired) electrons. The number of halogens is 2. The van der Waals surface area contributed by atoms with Crippen LogP contribution < -0.4 is 25.4 Å². The fourth-order valence-corrected chi connectivity index (χ4v) is 4.72. The van der Waals surface area contributed by atoms with Gasteiger partial charge in [-0.05, 0) is 66.7 Å². The van der Waals surface area contributed by atoms with Gasteiger partial charge in [0, 0.05) is 27.8 Å². The first-order chi connectivity index (χ1) is 20.8. The summed E-state index contributed by atoms with van der Waals surface area (Å²) in [6.07, 6.45) is 1.19. The van der Waals surface area contributed by atoms with Crippen LogP contribution in [0.15, 0.2) is 102 Å². The van der Waals surface area contributed by atoms with Crippen molar-refractivity contribution in [1.29, 1.82) is 0 Å². The molecule has 4 aromatic carbocycles. The Hall–Kier alpha value is -4.80. The van der Waals surface area contributed by atoms with E-state index in [1.807, 2.05) is 0 Å². The summed E-state index contributed by atoms with van der Waals surface area (Å²) in [6.45, 7) is 0. The predicted molar refractivity (Wildman–Crippen MR) is 167 cm³/mol. The molecule has 0 saturated heterocycles. The lowest BCUT2D eigenvalue weighted by molar-refractivity contribution is -0.114. The summed E-state index contributed by atoms with van der Waals surface area (Å²) in [7, 11) is 3.05. The molecule has 0 saturated carbocycles. The molecular formula is C32H27ClFN3O5S. The van der Waals surface area contributed by atoms with E-state index in [4.69, 9.17) is 21.1 Å². The van der Waals surface area contributed by atoms with Crippen LogP contribution in [0, 0.1) is 5.82 Å². The molecule has 4 aromatic rings. The summed E-state index contributed by atoms with van der Waals surface area (Å²) >= 11 is 7.46. The van der Waals surface area contributed by atoms with Gasteiger partial charge in [-0.15, -0.1) is 11.8 Å². The molecule has 11 heteroatoms. The molecule has 0 aliphatic heterocycles. The number of thioether (sulfide) groups is 1. The molecule has 0 bridgehead atoms. The minimum Gasteiger partial charge on any atom is -0.497 e. The molecule has 220 valence electrons. The Morgan fingerprint density at radius 3 is 2.30 bits per heavy atom. The highest BCUT2D eigenvalue weighted by molar-refractivity contribution is 8.00. The maximum Gasteiger partial charge on any atom is 0.272 e. The summed E-state index contributed by atoms with van der Waals surface area (Å²) < 4.78 is 25.0. The molecule has 8 nitrogen and oxygen atoms in total. The van der Waals surface area contributed by atoms with Gasteiger partial charge in [-0.25, -0.2) is 4.39 Å². The Bertz CT molecular complexity index is 1630. The first-order valence-electron chi connectivity index (χ1n) is 12.9. The number of rotatable bonds is 11. The van der Waals surface area contributed by atoms with Crippen LogP contribution in [0.3, 0.4) is 0 Å². The molecule has 3 amide bonds. The summed E-state index contributed by atoms with van der Waals surface area (Å²) in [5, 5.41) is 8.15. The van der Waals surface area contributed by atoms with Gasteiger partial charge in [0.2, 0.25) is 5.91 Å². The van der Waals surface area contributed by atoms with Crippen LogP contribution >= 0.6 is 23.4 Å². The Kier molecular flexibility index (Phi) is 10.8. The predicted octanol–water partition coefficient (Wildman–Crippen LogP) is 6.64. The Morgan fingerprint density at radius 2 is 1.63 bits per heavy atom. The van der Waals surface area contributed by atoms with Crippen molar-refractivity contribution in [2.24, 2.45) is 0 Å². The number of nitrogens with one attached hydrogen (secondary N) is 3. The van der Waals surface area contributed by atoms with Crippen LogP contribution in [0.25, 0.3) is 6.08 Å². The van der Waals surface area contributed by atoms with Crippen LogP contribution in [0.2, 0.25) is 5.02 Å². The summed E-state index contributed by atoms with van der Waals surface area (Å²) in [4.78, 5) is 39.4. The number of methoxy groups -OCH3 is 2. The lowest BCUT2D eigenvalue weighted by atomic mass is 10.1. The molecular weight excluding hydrogens is 593 g/mol. The average Bonchev–Trinajstić information content (AvgIpc) is 3.02. The second kappa shape index (κ2) is 14.9. The van der Waals surface area contributed by atoms with E-state index in [2.05, 4.69) is 16.0 Å². The molecule has 0 unspecified atom stereocenters. The lowest BCUT2D eigenvalue weighted by Gasteiger charge is -2.13. The van der Waals surface area contributed by atoms with Crippen LogP contribution in [-0.2, 0) is 9.59 Å². The van der Waals surface area contributed by atoms with Crippen molar-refractivity contribution in [3.8, 4) is 11.5 Å². The monoisotopic (exact) mass is 619 g/mol. The molecule has 0 aliphatic rings. The molecule has 0 fully saturated rings. The van der Waals surface area contributed by atoms with Gasteiger partial charge in [0.15, 0.2) is 0 Å². The molecule has 0 aromatic heterocycles. The largest absolute Gasteiger partial charge is 0.497 e. The van der Waals surface area contributed by atoms with Crippen molar-refractivity contribution in [2.75, 3.05) is 30.6 Å². The van der Waals surface area contributed by atoms with Crippen molar-refractivity contribution in [2.45, 2.75) is 4.90 Å². The third-order valence-electron chi connectivity index (χ3n) is 5.98. The number of ether oxygens (including phenoxy) is 2. The van der Waals surface area contributed by atoms with E-state index in [1.165, 1.54) is 43.1 Å². The zero-order valence-electron chi connectivity index (χ0n) is 23.2. The van der Waals surface area contributed by atoms with Gasteiger partial charge >= 0.3 is 0 Å². The zero-order valence-corrected chi connectivity index (χ0v) is 24.7. The molecule has 0 spiro atoms. The summed E-state index contributed by atoms with van der Waals surface area (Å²) in [5.41, 5.74) is 1.01. The van der Waals surface area contributed by atoms with Gasteiger partial charge in [-0.1, -0.05) is 35.9 Å². The van der Waals surface area contributed by atoms with E-state index in [0.29, 0.717) is 28.4 Å². The van der Waals surface area contributed by atoms with E-state index in [0.717, 1.165) is 4.90 Å². The van der Waals surface area contributed by atoms with E-state index in [1.54, 1.807) is 79.9 Å². The molecule has 0 heterocycles. The summed E-state index contributed by atoms with van der Waals surface area (Å²) in [5.74, 6) is -0.910. The number of benzene rings is 4. The van der Waals surface area contributed by atoms with Crippen molar-refractivity contribution in [1.82, 2.24) is 5.32 Å². The van der Waals surface area contributed by atoms with Gasteiger partial charge < -0.3 is 25.4 Å². The highest BCUT2D eigenvalue weighted by Crippen LogP contribution is 2.30. The standard InChI is InChI=1S/C32H27ClFN3O5S/c1-41-22-13-16-27(29(17-22)42-2)36-30(38)19-43-23-14-11-21(12-15-23)35-32(40)28(18-24-25(33)9-6-10-26(24)34)37-31(39)20-7-4-3-5-8-20/h3-18H,19H2,1-2H3,(H,35,40)(H,36,38)(H,37,39)/b28-18-. The van der Waals surface area contributed by atoms with Crippen molar-refractivity contribution in [3.05, 3.63) is 119 Å². The topological polar surface area (TPSA) is 106 Å². The molecule has 43 heavy (non-hydrogen) atoms. The lowest BCUT2D eigenvalue weighted by Crippen LogP contribution is -2.30. The fraction of sp³-hybridized carbons (Fsp3) is 0.0938. The maximum atomic E-state index is 14.5. The normalized spacial score (nSPS) is 10.9. The van der Waals surface area contributed by atoms with Gasteiger partial charge in [0.1, 0.15) is 23.0 Å². The first-order valence-corrected chi connectivity index (χ1v) is 14.2.